The molecule has 1 aromatic heterocycles. The van der Waals surface area contributed by atoms with E-state index in [2.05, 4.69) is 44.2 Å². The molecule has 2 heterocycles. The van der Waals surface area contributed by atoms with Gasteiger partial charge >= 0.3 is 5.97 Å². The average molecular weight is 413 g/mol. The first kappa shape index (κ1) is 22.2. The predicted molar refractivity (Wildman–Crippen MR) is 113 cm³/mol. The van der Waals surface area contributed by atoms with Crippen LogP contribution < -0.4 is 10.1 Å². The first-order valence-corrected chi connectivity index (χ1v) is 13.5. The Kier molecular flexibility index (Phi) is 7.73. The van der Waals surface area contributed by atoms with Crippen LogP contribution in [0.1, 0.15) is 36.8 Å². The molecule has 2 N–H and O–H groups in total. The maximum Gasteiger partial charge on any atom is 0.337 e. The lowest BCUT2D eigenvalue weighted by Gasteiger charge is -2.36. The van der Waals surface area contributed by atoms with Crippen molar-refractivity contribution < 1.29 is 19.1 Å². The highest BCUT2D eigenvalue weighted by molar-refractivity contribution is 7.99. The Hall–Kier alpha value is -1.09. The fourth-order valence-electron chi connectivity index (χ4n) is 2.48. The molecule has 0 aromatic carbocycles. The van der Waals surface area contributed by atoms with Gasteiger partial charge in [0.25, 0.3) is 0 Å². The summed E-state index contributed by atoms with van der Waals surface area (Å²) in [6.45, 7) is 12.9. The van der Waals surface area contributed by atoms with Gasteiger partial charge in [0.1, 0.15) is 12.4 Å². The van der Waals surface area contributed by atoms with Crippen molar-refractivity contribution >= 4 is 26.0 Å². The van der Waals surface area contributed by atoms with E-state index in [9.17, 15) is 9.90 Å². The molecule has 0 spiro atoms. The fourth-order valence-corrected chi connectivity index (χ4v) is 4.45. The lowest BCUT2D eigenvalue weighted by atomic mass is 10.1. The normalized spacial score (nSPS) is 18.3. The third-order valence-electron chi connectivity index (χ3n) is 5.23. The molecule has 152 valence electrons. The molecule has 0 aliphatic carbocycles. The van der Waals surface area contributed by atoms with Crippen molar-refractivity contribution in [3.05, 3.63) is 23.5 Å². The minimum absolute atomic E-state index is 0.124. The molecule has 0 saturated carbocycles. The topological polar surface area (TPSA) is 80.7 Å². The van der Waals surface area contributed by atoms with Crippen LogP contribution in [0.25, 0.3) is 0 Å². The van der Waals surface area contributed by atoms with Crippen molar-refractivity contribution in [3.8, 4) is 5.75 Å². The molecule has 0 radical (unpaired) electrons. The van der Waals surface area contributed by atoms with Gasteiger partial charge in [0.05, 0.1) is 23.5 Å². The van der Waals surface area contributed by atoms with Crippen LogP contribution in [-0.2, 0) is 10.8 Å². The van der Waals surface area contributed by atoms with Gasteiger partial charge < -0.3 is 19.6 Å². The zero-order chi connectivity index (χ0) is 20.1. The van der Waals surface area contributed by atoms with Crippen molar-refractivity contribution in [1.29, 1.82) is 0 Å². The van der Waals surface area contributed by atoms with Crippen molar-refractivity contribution in [3.63, 3.8) is 0 Å². The summed E-state index contributed by atoms with van der Waals surface area (Å²) in [7, 11) is -1.86. The zero-order valence-electron chi connectivity index (χ0n) is 17.0. The summed E-state index contributed by atoms with van der Waals surface area (Å²) in [5, 5.41) is 13.1. The zero-order valence-corrected chi connectivity index (χ0v) is 18.8. The molecule has 0 amide bonds. The number of nitrogens with zero attached hydrogens (tertiary/aromatic N) is 1. The van der Waals surface area contributed by atoms with Gasteiger partial charge in [-0.15, -0.1) is 0 Å². The highest BCUT2D eigenvalue weighted by Gasteiger charge is 2.37. The maximum absolute atomic E-state index is 11.7. The lowest BCUT2D eigenvalue weighted by Crippen LogP contribution is -2.41. The Balaban J connectivity index is 1.97. The van der Waals surface area contributed by atoms with E-state index in [1.165, 1.54) is 0 Å². The van der Waals surface area contributed by atoms with Gasteiger partial charge in [-0.25, -0.2) is 4.79 Å². The number of hydrogen-bond acceptors (Lipinski definition) is 6. The number of carbonyl (C=O) groups is 1. The minimum atomic E-state index is -1.86. The number of aromatic nitrogens is 1. The van der Waals surface area contributed by atoms with Gasteiger partial charge in [0, 0.05) is 31.1 Å². The van der Waals surface area contributed by atoms with E-state index < -0.39 is 14.3 Å². The predicted octanol–water partition coefficient (Wildman–Crippen LogP) is 3.43. The number of aromatic carboxylic acids is 1. The van der Waals surface area contributed by atoms with E-state index >= 15 is 0 Å². The molecular weight excluding hydrogens is 380 g/mol. The standard InChI is InChI=1S/C19H32N2O4SSi/c1-19(2,3)27(4,5)25-8-6-17-16(18(22)23)10-15(11-21-17)24-12-14-13-26-9-7-20-14/h10-11,14,20H,6-9,12-13H2,1-5H3,(H,22,23)/t14-/m1/s1. The summed E-state index contributed by atoms with van der Waals surface area (Å²) in [6.07, 6.45) is 2.10. The summed E-state index contributed by atoms with van der Waals surface area (Å²) < 4.78 is 11.9. The molecule has 27 heavy (non-hydrogen) atoms. The van der Waals surface area contributed by atoms with Gasteiger partial charge in [-0.1, -0.05) is 20.8 Å². The Morgan fingerprint density at radius 2 is 2.19 bits per heavy atom. The second-order valence-corrected chi connectivity index (χ2v) is 14.3. The fraction of sp³-hybridized carbons (Fsp3) is 0.684. The molecule has 2 rings (SSSR count). The number of nitrogens with one attached hydrogen (secondary N) is 1. The lowest BCUT2D eigenvalue weighted by molar-refractivity contribution is 0.0694. The quantitative estimate of drug-likeness (QED) is 0.633. The number of carboxylic acid groups (broad SMARTS) is 1. The Bertz CT molecular complexity index is 643. The average Bonchev–Trinajstić information content (AvgIpc) is 2.60. The van der Waals surface area contributed by atoms with Crippen LogP contribution in [0.5, 0.6) is 5.75 Å². The van der Waals surface area contributed by atoms with E-state index in [1.54, 1.807) is 12.3 Å². The van der Waals surface area contributed by atoms with Crippen molar-refractivity contribution in [2.45, 2.75) is 51.4 Å². The van der Waals surface area contributed by atoms with Crippen molar-refractivity contribution in [1.82, 2.24) is 10.3 Å². The maximum atomic E-state index is 11.7. The van der Waals surface area contributed by atoms with E-state index in [0.29, 0.717) is 31.1 Å². The van der Waals surface area contributed by atoms with Crippen LogP contribution in [0, 0.1) is 0 Å². The second-order valence-electron chi connectivity index (χ2n) is 8.37. The van der Waals surface area contributed by atoms with Gasteiger partial charge in [0.15, 0.2) is 8.32 Å². The monoisotopic (exact) mass is 412 g/mol. The van der Waals surface area contributed by atoms with E-state index in [1.807, 2.05) is 11.8 Å². The molecule has 1 aliphatic heterocycles. The number of rotatable bonds is 8. The van der Waals surface area contributed by atoms with Crippen LogP contribution in [0.4, 0.5) is 0 Å². The number of carboxylic acids is 1. The van der Waals surface area contributed by atoms with Crippen molar-refractivity contribution in [2.24, 2.45) is 0 Å². The molecule has 1 saturated heterocycles. The molecule has 0 bridgehead atoms. The first-order valence-electron chi connectivity index (χ1n) is 9.40. The van der Waals surface area contributed by atoms with Crippen LogP contribution in [-0.4, -0.2) is 61.7 Å². The molecule has 0 unspecified atom stereocenters. The van der Waals surface area contributed by atoms with Gasteiger partial charge in [-0.05, 0) is 24.2 Å². The highest BCUT2D eigenvalue weighted by atomic mass is 32.2. The van der Waals surface area contributed by atoms with Crippen LogP contribution >= 0.6 is 11.8 Å². The SMILES string of the molecule is CC(C)(C)[Si](C)(C)OCCc1ncc(OC[C@@H]2CSCCN2)cc1C(=O)O. The Labute approximate surface area is 167 Å². The molecule has 6 nitrogen and oxygen atoms in total. The number of thioether (sulfide) groups is 1. The summed E-state index contributed by atoms with van der Waals surface area (Å²) in [5.41, 5.74) is 0.734. The van der Waals surface area contributed by atoms with Gasteiger partial charge in [-0.2, -0.15) is 11.8 Å². The smallest absolute Gasteiger partial charge is 0.337 e. The molecule has 1 atom stereocenters. The minimum Gasteiger partial charge on any atom is -0.490 e. The molecule has 1 aliphatic rings. The number of pyridine rings is 1. The Morgan fingerprint density at radius 3 is 2.78 bits per heavy atom. The largest absolute Gasteiger partial charge is 0.490 e. The summed E-state index contributed by atoms with van der Waals surface area (Å²) in [6, 6.07) is 1.86. The molecule has 1 aromatic rings. The number of ether oxygens (including phenoxy) is 1. The van der Waals surface area contributed by atoms with E-state index in [0.717, 1.165) is 18.1 Å². The number of hydrogen-bond donors (Lipinski definition) is 2. The summed E-state index contributed by atoms with van der Waals surface area (Å²) >= 11 is 1.90. The molecule has 1 fully saturated rings. The molecule has 8 heteroatoms. The third kappa shape index (κ3) is 6.48. The highest BCUT2D eigenvalue weighted by Crippen LogP contribution is 2.36. The summed E-state index contributed by atoms with van der Waals surface area (Å²) in [4.78, 5) is 16.0. The van der Waals surface area contributed by atoms with Crippen molar-refractivity contribution in [2.75, 3.05) is 31.3 Å². The van der Waals surface area contributed by atoms with Gasteiger partial charge in [-0.3, -0.25) is 4.98 Å². The third-order valence-corrected chi connectivity index (χ3v) is 10.9. The van der Waals surface area contributed by atoms with E-state index in [-0.39, 0.29) is 16.6 Å². The Morgan fingerprint density at radius 1 is 1.44 bits per heavy atom. The van der Waals surface area contributed by atoms with Crippen LogP contribution in [0.3, 0.4) is 0 Å². The van der Waals surface area contributed by atoms with Crippen LogP contribution in [0.2, 0.25) is 18.1 Å². The van der Waals surface area contributed by atoms with E-state index in [4.69, 9.17) is 9.16 Å². The first-order chi connectivity index (χ1) is 12.6. The van der Waals surface area contributed by atoms with Crippen LogP contribution in [0.15, 0.2) is 12.3 Å². The molecular formula is C19H32N2O4SSi. The summed E-state index contributed by atoms with van der Waals surface area (Å²) in [5.74, 6) is 1.63. The second kappa shape index (κ2) is 9.40. The van der Waals surface area contributed by atoms with Gasteiger partial charge in [0.2, 0.25) is 0 Å².